The third-order valence-electron chi connectivity index (χ3n) is 3.60. The van der Waals surface area contributed by atoms with Crippen molar-refractivity contribution < 1.29 is 0 Å². The summed E-state index contributed by atoms with van der Waals surface area (Å²) < 4.78 is 1.89. The molecule has 0 aliphatic rings. The maximum Gasteiger partial charge on any atom is 0.195 e. The van der Waals surface area contributed by atoms with Crippen molar-refractivity contribution in [3.8, 4) is 0 Å². The number of aromatic nitrogens is 3. The summed E-state index contributed by atoms with van der Waals surface area (Å²) in [6, 6.07) is 7.55. The van der Waals surface area contributed by atoms with Crippen LogP contribution in [0.5, 0.6) is 0 Å². The van der Waals surface area contributed by atoms with E-state index in [1.54, 1.807) is 6.21 Å². The minimum Gasteiger partial charge on any atom is -0.288 e. The molecule has 0 unspecified atom stereocenters. The monoisotopic (exact) mass is 375 g/mol. The van der Waals surface area contributed by atoms with Crippen LogP contribution in [0.4, 0.5) is 5.82 Å². The van der Waals surface area contributed by atoms with E-state index in [2.05, 4.69) is 20.5 Å². The van der Waals surface area contributed by atoms with Gasteiger partial charge >= 0.3 is 0 Å². The summed E-state index contributed by atoms with van der Waals surface area (Å²) in [4.78, 5) is 9.63. The lowest BCUT2D eigenvalue weighted by atomic mass is 10.1. The van der Waals surface area contributed by atoms with Gasteiger partial charge in [0.25, 0.3) is 0 Å². The number of hydrazone groups is 1. The average molecular weight is 376 g/mol. The molecule has 0 fully saturated rings. The molecule has 4 aromatic rings. The fourth-order valence-electron chi connectivity index (χ4n) is 2.48. The molecule has 1 aromatic carbocycles. The second-order valence-electron chi connectivity index (χ2n) is 5.20. The van der Waals surface area contributed by atoms with Crippen LogP contribution in [0.3, 0.4) is 0 Å². The van der Waals surface area contributed by atoms with Gasteiger partial charge in [-0.25, -0.2) is 9.97 Å². The van der Waals surface area contributed by atoms with Crippen molar-refractivity contribution in [2.45, 2.75) is 6.92 Å². The summed E-state index contributed by atoms with van der Waals surface area (Å²) in [6.45, 7) is 2.01. The molecule has 3 heterocycles. The van der Waals surface area contributed by atoms with Gasteiger partial charge in [-0.2, -0.15) is 5.10 Å². The molecule has 0 radical (unpaired) electrons. The van der Waals surface area contributed by atoms with Crippen molar-refractivity contribution in [3.63, 3.8) is 0 Å². The number of imidazole rings is 1. The first kappa shape index (κ1) is 15.4. The Bertz CT molecular complexity index is 1080. The molecule has 1 N–H and O–H groups in total. The second-order valence-corrected chi connectivity index (χ2v) is 6.87. The van der Waals surface area contributed by atoms with Gasteiger partial charge in [0.05, 0.1) is 11.7 Å². The van der Waals surface area contributed by atoms with E-state index in [0.29, 0.717) is 16.0 Å². The Morgan fingerprint density at radius 3 is 3.00 bits per heavy atom. The molecular formula is C16H11Cl2N5S. The van der Waals surface area contributed by atoms with Crippen LogP contribution in [0, 0.1) is 6.92 Å². The Hall–Kier alpha value is -2.15. The van der Waals surface area contributed by atoms with Gasteiger partial charge in [0.1, 0.15) is 11.5 Å². The fourth-order valence-corrected chi connectivity index (χ4v) is 3.64. The number of fused-ring (bicyclic) bond motifs is 2. The highest BCUT2D eigenvalue weighted by Gasteiger charge is 2.09. The molecule has 24 heavy (non-hydrogen) atoms. The molecule has 4 rings (SSSR count). The summed E-state index contributed by atoms with van der Waals surface area (Å²) in [5.41, 5.74) is 5.60. The van der Waals surface area contributed by atoms with E-state index in [0.717, 1.165) is 27.1 Å². The van der Waals surface area contributed by atoms with Gasteiger partial charge in [-0.3, -0.25) is 9.83 Å². The largest absolute Gasteiger partial charge is 0.288 e. The number of thiazole rings is 1. The highest BCUT2D eigenvalue weighted by Crippen LogP contribution is 2.24. The topological polar surface area (TPSA) is 54.6 Å². The standard InChI is InChI=1S/C16H11Cl2N5S/c1-9-6-14(20-12-3-2-10(17)7-11(9)12)22-19-8-13-15(18)21-16-23(13)4-5-24-16/h2-8H,1H3,(H,20,22)/b19-8+. The molecule has 0 bridgehead atoms. The first-order chi connectivity index (χ1) is 11.6. The molecule has 0 aliphatic heterocycles. The Morgan fingerprint density at radius 2 is 2.12 bits per heavy atom. The zero-order valence-corrected chi connectivity index (χ0v) is 14.8. The number of anilines is 1. The Balaban J connectivity index is 1.64. The summed E-state index contributed by atoms with van der Waals surface area (Å²) in [5, 5.41) is 8.32. The van der Waals surface area contributed by atoms with Crippen molar-refractivity contribution in [3.05, 3.63) is 57.3 Å². The first-order valence-electron chi connectivity index (χ1n) is 7.09. The summed E-state index contributed by atoms with van der Waals surface area (Å²) in [5.74, 6) is 0.653. The lowest BCUT2D eigenvalue weighted by Gasteiger charge is -2.06. The number of aryl methyl sites for hydroxylation is 1. The van der Waals surface area contributed by atoms with E-state index < -0.39 is 0 Å². The van der Waals surface area contributed by atoms with Crippen LogP contribution in [0.15, 0.2) is 40.9 Å². The van der Waals surface area contributed by atoms with Gasteiger partial charge < -0.3 is 0 Å². The van der Waals surface area contributed by atoms with Gasteiger partial charge in [-0.15, -0.1) is 11.3 Å². The van der Waals surface area contributed by atoms with Gasteiger partial charge in [-0.05, 0) is 36.8 Å². The zero-order chi connectivity index (χ0) is 16.7. The van der Waals surface area contributed by atoms with Crippen molar-refractivity contribution in [2.75, 3.05) is 5.43 Å². The third-order valence-corrected chi connectivity index (χ3v) is 4.87. The Labute approximate surface area is 151 Å². The minimum atomic E-state index is 0.421. The number of rotatable bonds is 3. The van der Waals surface area contributed by atoms with Crippen LogP contribution in [-0.4, -0.2) is 20.6 Å². The summed E-state index contributed by atoms with van der Waals surface area (Å²) >= 11 is 13.7. The van der Waals surface area contributed by atoms with Gasteiger partial charge in [0, 0.05) is 22.0 Å². The van der Waals surface area contributed by atoms with Gasteiger partial charge in [-0.1, -0.05) is 23.2 Å². The van der Waals surface area contributed by atoms with E-state index in [4.69, 9.17) is 23.2 Å². The highest BCUT2D eigenvalue weighted by molar-refractivity contribution is 7.15. The zero-order valence-electron chi connectivity index (χ0n) is 12.5. The molecule has 0 saturated heterocycles. The van der Waals surface area contributed by atoms with E-state index in [1.165, 1.54) is 11.3 Å². The molecule has 0 spiro atoms. The maximum atomic E-state index is 6.14. The van der Waals surface area contributed by atoms with Crippen molar-refractivity contribution in [1.82, 2.24) is 14.4 Å². The number of hydrogen-bond acceptors (Lipinski definition) is 5. The molecule has 120 valence electrons. The first-order valence-corrected chi connectivity index (χ1v) is 8.72. The maximum absolute atomic E-state index is 6.14. The molecule has 0 atom stereocenters. The van der Waals surface area contributed by atoms with Crippen LogP contribution in [0.25, 0.3) is 15.9 Å². The third kappa shape index (κ3) is 2.73. The van der Waals surface area contributed by atoms with Gasteiger partial charge in [0.15, 0.2) is 10.1 Å². The predicted octanol–water partition coefficient (Wildman–Crippen LogP) is 5.01. The highest BCUT2D eigenvalue weighted by atomic mass is 35.5. The lowest BCUT2D eigenvalue weighted by molar-refractivity contribution is 1.20. The number of nitrogens with zero attached hydrogens (tertiary/aromatic N) is 4. The number of benzene rings is 1. The summed E-state index contributed by atoms with van der Waals surface area (Å²) in [6.07, 6.45) is 3.54. The number of nitrogens with one attached hydrogen (secondary N) is 1. The molecule has 3 aromatic heterocycles. The Kier molecular flexibility index (Phi) is 3.88. The molecule has 0 amide bonds. The normalized spacial score (nSPS) is 11.8. The lowest BCUT2D eigenvalue weighted by Crippen LogP contribution is -1.97. The molecular weight excluding hydrogens is 365 g/mol. The smallest absolute Gasteiger partial charge is 0.195 e. The average Bonchev–Trinajstić information content (AvgIpc) is 3.10. The SMILES string of the molecule is Cc1cc(N/N=C/c2c(Cl)nc3sccn23)nc2ccc(Cl)cc12. The number of pyridine rings is 1. The van der Waals surface area contributed by atoms with Crippen LogP contribution in [0.1, 0.15) is 11.3 Å². The summed E-state index contributed by atoms with van der Waals surface area (Å²) in [7, 11) is 0. The molecule has 8 heteroatoms. The van der Waals surface area contributed by atoms with Crippen LogP contribution < -0.4 is 5.43 Å². The van der Waals surface area contributed by atoms with Gasteiger partial charge in [0.2, 0.25) is 0 Å². The minimum absolute atomic E-state index is 0.421. The van der Waals surface area contributed by atoms with E-state index >= 15 is 0 Å². The van der Waals surface area contributed by atoms with Crippen LogP contribution >= 0.6 is 34.5 Å². The second kappa shape index (κ2) is 6.05. The quantitative estimate of drug-likeness (QED) is 0.404. The molecule has 0 aliphatic carbocycles. The van der Waals surface area contributed by atoms with Crippen molar-refractivity contribution >= 4 is 62.4 Å². The van der Waals surface area contributed by atoms with E-state index in [1.807, 2.05) is 47.2 Å². The number of hydrogen-bond donors (Lipinski definition) is 1. The number of halogens is 2. The predicted molar refractivity (Wildman–Crippen MR) is 101 cm³/mol. The molecule has 5 nitrogen and oxygen atoms in total. The molecule has 0 saturated carbocycles. The van der Waals surface area contributed by atoms with Crippen LogP contribution in [-0.2, 0) is 0 Å². The van der Waals surface area contributed by atoms with E-state index in [-0.39, 0.29) is 0 Å². The fraction of sp³-hybridized carbons (Fsp3) is 0.0625. The van der Waals surface area contributed by atoms with Crippen molar-refractivity contribution in [1.29, 1.82) is 0 Å². The van der Waals surface area contributed by atoms with Crippen LogP contribution in [0.2, 0.25) is 10.2 Å². The Morgan fingerprint density at radius 1 is 1.25 bits per heavy atom. The van der Waals surface area contributed by atoms with E-state index in [9.17, 15) is 0 Å². The van der Waals surface area contributed by atoms with Crippen molar-refractivity contribution in [2.24, 2.45) is 5.10 Å².